The van der Waals surface area contributed by atoms with Crippen LogP contribution in [-0.2, 0) is 4.79 Å². The Morgan fingerprint density at radius 1 is 1.04 bits per heavy atom. The molecule has 140 valence electrons. The first-order valence-corrected chi connectivity index (χ1v) is 9.49. The lowest BCUT2D eigenvalue weighted by atomic mass is 9.97. The van der Waals surface area contributed by atoms with Gasteiger partial charge in [-0.15, -0.1) is 0 Å². The number of carbonyl (C=O) groups excluding carboxylic acids is 1. The molecular weight excluding hydrogens is 336 g/mol. The first-order valence-electron chi connectivity index (χ1n) is 9.49. The maximum atomic E-state index is 12.6. The Morgan fingerprint density at radius 2 is 1.78 bits per heavy atom. The van der Waals surface area contributed by atoms with Crippen molar-refractivity contribution in [3.63, 3.8) is 0 Å². The van der Waals surface area contributed by atoms with Gasteiger partial charge in [0.2, 0.25) is 0 Å². The molecule has 4 heteroatoms. The predicted octanol–water partition coefficient (Wildman–Crippen LogP) is 4.08. The van der Waals surface area contributed by atoms with E-state index in [2.05, 4.69) is 37.4 Å². The van der Waals surface area contributed by atoms with Crippen LogP contribution in [0.15, 0.2) is 77.4 Å². The van der Waals surface area contributed by atoms with E-state index in [0.717, 1.165) is 23.4 Å². The molecular formula is C23H27N2O2+. The number of hydrogen-bond donors (Lipinski definition) is 2. The highest BCUT2D eigenvalue weighted by molar-refractivity contribution is 5.92. The summed E-state index contributed by atoms with van der Waals surface area (Å²) in [5.41, 5.74) is 3.19. The Kier molecular flexibility index (Phi) is 6.44. The van der Waals surface area contributed by atoms with Crippen LogP contribution in [0, 0.1) is 0 Å². The molecule has 4 nitrogen and oxygen atoms in total. The second-order valence-electron chi connectivity index (χ2n) is 6.79. The normalized spacial score (nSPS) is 13.1. The molecule has 2 atom stereocenters. The van der Waals surface area contributed by atoms with E-state index < -0.39 is 0 Å². The Hall–Kier alpha value is -2.85. The molecule has 2 aromatic carbocycles. The van der Waals surface area contributed by atoms with E-state index in [-0.39, 0.29) is 11.9 Å². The van der Waals surface area contributed by atoms with Crippen LogP contribution in [0.25, 0.3) is 0 Å². The molecule has 0 radical (unpaired) electrons. The lowest BCUT2D eigenvalue weighted by molar-refractivity contribution is -0.678. The number of anilines is 1. The summed E-state index contributed by atoms with van der Waals surface area (Å²) >= 11 is 0. The summed E-state index contributed by atoms with van der Waals surface area (Å²) in [7, 11) is 0. The number of para-hydroxylation sites is 1. The zero-order valence-electron chi connectivity index (χ0n) is 15.9. The van der Waals surface area contributed by atoms with Crippen molar-refractivity contribution in [2.24, 2.45) is 0 Å². The molecule has 0 aliphatic rings. The van der Waals surface area contributed by atoms with Crippen LogP contribution < -0.4 is 10.6 Å². The van der Waals surface area contributed by atoms with Crippen LogP contribution in [0.5, 0.6) is 0 Å². The van der Waals surface area contributed by atoms with Gasteiger partial charge in [-0.05, 0) is 36.1 Å². The van der Waals surface area contributed by atoms with Gasteiger partial charge < -0.3 is 15.1 Å². The highest BCUT2D eigenvalue weighted by Gasteiger charge is 2.21. The zero-order chi connectivity index (χ0) is 19.1. The molecule has 0 fully saturated rings. The van der Waals surface area contributed by atoms with Crippen molar-refractivity contribution in [3.05, 3.63) is 89.9 Å². The predicted molar refractivity (Wildman–Crippen MR) is 108 cm³/mol. The molecule has 0 unspecified atom stereocenters. The lowest BCUT2D eigenvalue weighted by Gasteiger charge is -2.17. The maximum absolute atomic E-state index is 12.6. The van der Waals surface area contributed by atoms with Crippen molar-refractivity contribution in [3.8, 4) is 0 Å². The fourth-order valence-corrected chi connectivity index (χ4v) is 3.23. The van der Waals surface area contributed by atoms with E-state index in [4.69, 9.17) is 4.42 Å². The van der Waals surface area contributed by atoms with Crippen molar-refractivity contribution < 1.29 is 14.5 Å². The third kappa shape index (κ3) is 4.86. The topological polar surface area (TPSA) is 58.9 Å². The van der Waals surface area contributed by atoms with Gasteiger partial charge in [0.05, 0.1) is 6.26 Å². The molecule has 0 aliphatic heterocycles. The molecule has 1 aromatic heterocycles. The number of rotatable bonds is 8. The molecule has 0 saturated carbocycles. The Balaban J connectivity index is 1.69. The van der Waals surface area contributed by atoms with E-state index in [1.807, 2.05) is 53.8 Å². The fourth-order valence-electron chi connectivity index (χ4n) is 3.23. The molecule has 27 heavy (non-hydrogen) atoms. The van der Waals surface area contributed by atoms with E-state index in [9.17, 15) is 4.79 Å². The molecule has 0 spiro atoms. The van der Waals surface area contributed by atoms with Gasteiger partial charge in [-0.3, -0.25) is 4.79 Å². The Morgan fingerprint density at radius 3 is 2.48 bits per heavy atom. The van der Waals surface area contributed by atoms with Gasteiger partial charge in [0.1, 0.15) is 0 Å². The van der Waals surface area contributed by atoms with Crippen LogP contribution in [-0.4, -0.2) is 12.5 Å². The average molecular weight is 363 g/mol. The quantitative estimate of drug-likeness (QED) is 0.633. The minimum absolute atomic E-state index is 0.0155. The van der Waals surface area contributed by atoms with E-state index in [1.165, 1.54) is 5.56 Å². The number of hydrogen-bond acceptors (Lipinski definition) is 2. The number of amides is 1. The summed E-state index contributed by atoms with van der Waals surface area (Å²) in [6.45, 7) is 4.65. The van der Waals surface area contributed by atoms with Crippen LogP contribution in [0.1, 0.15) is 49.1 Å². The molecule has 1 amide bonds. The van der Waals surface area contributed by atoms with Crippen molar-refractivity contribution in [1.29, 1.82) is 0 Å². The summed E-state index contributed by atoms with van der Waals surface area (Å²) in [5, 5.41) is 5.09. The SMILES string of the molecule is CC[C@@H](C)c1ccccc1NC(=O)C[NH2+][C@@H](c1ccccc1)c1ccco1. The number of carbonyl (C=O) groups is 1. The van der Waals surface area contributed by atoms with Gasteiger partial charge >= 0.3 is 0 Å². The number of quaternary nitrogens is 1. The minimum Gasteiger partial charge on any atom is -0.463 e. The largest absolute Gasteiger partial charge is 0.463 e. The van der Waals surface area contributed by atoms with Crippen LogP contribution in [0.3, 0.4) is 0 Å². The summed E-state index contributed by atoms with van der Waals surface area (Å²) in [6, 6.07) is 21.9. The summed E-state index contributed by atoms with van der Waals surface area (Å²) in [4.78, 5) is 12.6. The third-order valence-electron chi connectivity index (χ3n) is 4.93. The van der Waals surface area contributed by atoms with Crippen molar-refractivity contribution in [2.75, 3.05) is 11.9 Å². The smallest absolute Gasteiger partial charge is 0.279 e. The lowest BCUT2D eigenvalue weighted by Crippen LogP contribution is -2.87. The summed E-state index contributed by atoms with van der Waals surface area (Å²) in [6.07, 6.45) is 2.70. The van der Waals surface area contributed by atoms with Crippen LogP contribution in [0.4, 0.5) is 5.69 Å². The molecule has 1 heterocycles. The fraction of sp³-hybridized carbons (Fsp3) is 0.261. The third-order valence-corrected chi connectivity index (χ3v) is 4.93. The highest BCUT2D eigenvalue weighted by Crippen LogP contribution is 2.26. The average Bonchev–Trinajstić information content (AvgIpc) is 3.23. The van der Waals surface area contributed by atoms with E-state index in [1.54, 1.807) is 6.26 Å². The molecule has 3 rings (SSSR count). The maximum Gasteiger partial charge on any atom is 0.279 e. The number of benzene rings is 2. The van der Waals surface area contributed by atoms with Gasteiger partial charge in [0.15, 0.2) is 18.3 Å². The Bertz CT molecular complexity index is 844. The Labute approximate surface area is 160 Å². The van der Waals surface area contributed by atoms with Crippen LogP contribution in [0.2, 0.25) is 0 Å². The second-order valence-corrected chi connectivity index (χ2v) is 6.79. The first kappa shape index (κ1) is 18.9. The molecule has 3 N–H and O–H groups in total. The first-order chi connectivity index (χ1) is 13.2. The monoisotopic (exact) mass is 363 g/mol. The van der Waals surface area contributed by atoms with Gasteiger partial charge in [-0.25, -0.2) is 0 Å². The van der Waals surface area contributed by atoms with E-state index >= 15 is 0 Å². The van der Waals surface area contributed by atoms with Gasteiger partial charge in [-0.1, -0.05) is 62.4 Å². The van der Waals surface area contributed by atoms with Gasteiger partial charge in [0, 0.05) is 11.3 Å². The minimum atomic E-state index is -0.0447. The standard InChI is InChI=1S/C23H26N2O2/c1-3-17(2)19-12-7-8-13-20(19)25-22(26)16-24-23(21-14-9-15-27-21)18-10-5-4-6-11-18/h4-15,17,23-24H,3,16H2,1-2H3,(H,25,26)/p+1/t17-,23+/m1/s1. The van der Waals surface area contributed by atoms with Crippen molar-refractivity contribution >= 4 is 11.6 Å². The summed E-state index contributed by atoms with van der Waals surface area (Å²) in [5.74, 6) is 1.23. The van der Waals surface area contributed by atoms with Crippen LogP contribution >= 0.6 is 0 Å². The molecule has 0 bridgehead atoms. The van der Waals surface area contributed by atoms with Gasteiger partial charge in [0.25, 0.3) is 5.91 Å². The van der Waals surface area contributed by atoms with Crippen molar-refractivity contribution in [2.45, 2.75) is 32.2 Å². The number of nitrogens with one attached hydrogen (secondary N) is 1. The number of nitrogens with two attached hydrogens (primary N) is 1. The zero-order valence-corrected chi connectivity index (χ0v) is 15.9. The highest BCUT2D eigenvalue weighted by atomic mass is 16.3. The van der Waals surface area contributed by atoms with Gasteiger partial charge in [-0.2, -0.15) is 0 Å². The van der Waals surface area contributed by atoms with Crippen molar-refractivity contribution in [1.82, 2.24) is 0 Å². The molecule has 3 aromatic rings. The summed E-state index contributed by atoms with van der Waals surface area (Å²) < 4.78 is 5.60. The second kappa shape index (κ2) is 9.19. The molecule has 0 saturated heterocycles. The van der Waals surface area contributed by atoms with E-state index in [0.29, 0.717) is 12.5 Å². The number of furan rings is 1. The molecule has 0 aliphatic carbocycles.